The maximum absolute atomic E-state index is 12.8. The number of thiophene rings is 1. The van der Waals surface area contributed by atoms with E-state index in [1.54, 1.807) is 0 Å². The zero-order chi connectivity index (χ0) is 16.2. The Morgan fingerprint density at radius 3 is 2.91 bits per heavy atom. The van der Waals surface area contributed by atoms with Gasteiger partial charge >= 0.3 is 0 Å². The van der Waals surface area contributed by atoms with Crippen LogP contribution >= 0.6 is 11.3 Å². The fraction of sp³-hybridized carbons (Fsp3) is 0.421. The molecule has 1 aliphatic heterocycles. The van der Waals surface area contributed by atoms with E-state index in [4.69, 9.17) is 0 Å². The lowest BCUT2D eigenvalue weighted by molar-refractivity contribution is -0.132. The monoisotopic (exact) mass is 328 g/mol. The van der Waals surface area contributed by atoms with Crippen LogP contribution in [0.4, 0.5) is 0 Å². The molecule has 0 spiro atoms. The Morgan fingerprint density at radius 2 is 2.13 bits per heavy atom. The zero-order valence-electron chi connectivity index (χ0n) is 13.8. The lowest BCUT2D eigenvalue weighted by Gasteiger charge is -2.37. The molecule has 1 amide bonds. The van der Waals surface area contributed by atoms with Gasteiger partial charge in [-0.05, 0) is 54.4 Å². The molecule has 0 radical (unpaired) electrons. The van der Waals surface area contributed by atoms with Crippen molar-refractivity contribution in [2.75, 3.05) is 19.6 Å². The molecule has 1 N–H and O–H groups in total. The van der Waals surface area contributed by atoms with Crippen LogP contribution in [0.5, 0.6) is 0 Å². The van der Waals surface area contributed by atoms with Crippen LogP contribution in [0.2, 0.25) is 0 Å². The molecule has 2 heterocycles. The van der Waals surface area contributed by atoms with E-state index >= 15 is 0 Å². The van der Waals surface area contributed by atoms with E-state index in [1.807, 2.05) is 11.3 Å². The molecule has 1 aromatic heterocycles. The quantitative estimate of drug-likeness (QED) is 0.852. The second-order valence-corrected chi connectivity index (χ2v) is 7.07. The van der Waals surface area contributed by atoms with Gasteiger partial charge in [0.05, 0.1) is 12.6 Å². The number of hydrogen-bond donors (Lipinski definition) is 1. The van der Waals surface area contributed by atoms with Crippen LogP contribution in [0, 0.1) is 6.92 Å². The molecule has 0 saturated carbocycles. The summed E-state index contributed by atoms with van der Waals surface area (Å²) in [6.07, 6.45) is 2.01. The minimum absolute atomic E-state index is 0.0575. The normalized spacial score (nSPS) is 17.1. The highest BCUT2D eigenvalue weighted by atomic mass is 32.1. The second-order valence-electron chi connectivity index (χ2n) is 6.07. The van der Waals surface area contributed by atoms with E-state index in [1.165, 1.54) is 21.6 Å². The van der Waals surface area contributed by atoms with Crippen LogP contribution in [0.15, 0.2) is 35.7 Å². The molecular formula is C19H24N2OS. The smallest absolute Gasteiger partial charge is 0.237 e. The molecule has 1 aromatic carbocycles. The van der Waals surface area contributed by atoms with Gasteiger partial charge in [-0.1, -0.05) is 31.2 Å². The zero-order valence-corrected chi connectivity index (χ0v) is 14.7. The number of hydrogen-bond acceptors (Lipinski definition) is 3. The Morgan fingerprint density at radius 1 is 1.30 bits per heavy atom. The third kappa shape index (κ3) is 3.33. The van der Waals surface area contributed by atoms with Gasteiger partial charge in [-0.25, -0.2) is 0 Å². The lowest BCUT2D eigenvalue weighted by Crippen LogP contribution is -2.44. The summed E-state index contributed by atoms with van der Waals surface area (Å²) in [5.74, 6) is 0.198. The van der Waals surface area contributed by atoms with Gasteiger partial charge in [0.25, 0.3) is 0 Å². The molecule has 0 fully saturated rings. The molecule has 1 aliphatic rings. The Hall–Kier alpha value is -1.65. The second kappa shape index (κ2) is 7.28. The molecule has 1 atom stereocenters. The maximum atomic E-state index is 12.8. The third-order valence-electron chi connectivity index (χ3n) is 4.47. The van der Waals surface area contributed by atoms with Crippen LogP contribution in [0.3, 0.4) is 0 Å². The maximum Gasteiger partial charge on any atom is 0.237 e. The number of nitrogens with zero attached hydrogens (tertiary/aromatic N) is 1. The average molecular weight is 328 g/mol. The Labute approximate surface area is 142 Å². The molecule has 3 rings (SSSR count). The summed E-state index contributed by atoms with van der Waals surface area (Å²) in [7, 11) is 0. The number of carbonyl (C=O) groups is 1. The van der Waals surface area contributed by atoms with E-state index in [0.717, 1.165) is 25.9 Å². The van der Waals surface area contributed by atoms with Gasteiger partial charge in [-0.3, -0.25) is 4.79 Å². The first-order valence-corrected chi connectivity index (χ1v) is 9.22. The first kappa shape index (κ1) is 16.2. The highest BCUT2D eigenvalue weighted by Crippen LogP contribution is 2.38. The van der Waals surface area contributed by atoms with Crippen molar-refractivity contribution >= 4 is 17.2 Å². The van der Waals surface area contributed by atoms with E-state index in [-0.39, 0.29) is 11.9 Å². The highest BCUT2D eigenvalue weighted by Gasteiger charge is 2.33. The molecule has 2 aromatic rings. The average Bonchev–Trinajstić information content (AvgIpc) is 3.03. The molecule has 23 heavy (non-hydrogen) atoms. The Kier molecular flexibility index (Phi) is 5.13. The molecule has 4 heteroatoms. The fourth-order valence-corrected chi connectivity index (χ4v) is 4.19. The summed E-state index contributed by atoms with van der Waals surface area (Å²) in [6.45, 7) is 6.37. The van der Waals surface area contributed by atoms with Crippen LogP contribution in [-0.2, 0) is 11.2 Å². The summed E-state index contributed by atoms with van der Waals surface area (Å²) in [4.78, 5) is 16.2. The number of amides is 1. The van der Waals surface area contributed by atoms with Crippen LogP contribution in [0.25, 0.3) is 0 Å². The number of benzene rings is 1. The highest BCUT2D eigenvalue weighted by molar-refractivity contribution is 7.10. The molecular weight excluding hydrogens is 304 g/mol. The standard InChI is InChI=1S/C19H24N2OS/c1-3-10-20-13-18(22)21-11-8-17-16(9-12-23-17)19(21)15-7-5-4-6-14(15)2/h4-7,9,12,19-20H,3,8,10-11,13H2,1-2H3/t19-/m0/s1. The number of aryl methyl sites for hydroxylation is 1. The van der Waals surface area contributed by atoms with Crippen LogP contribution in [-0.4, -0.2) is 30.4 Å². The van der Waals surface area contributed by atoms with Crippen molar-refractivity contribution in [2.24, 2.45) is 0 Å². The first-order chi connectivity index (χ1) is 11.2. The molecule has 0 saturated heterocycles. The van der Waals surface area contributed by atoms with Gasteiger partial charge in [0.1, 0.15) is 0 Å². The predicted molar refractivity (Wildman–Crippen MR) is 95.9 cm³/mol. The van der Waals surface area contributed by atoms with Crippen molar-refractivity contribution in [3.8, 4) is 0 Å². The lowest BCUT2D eigenvalue weighted by atomic mass is 9.90. The minimum atomic E-state index is 0.0575. The molecule has 0 aliphatic carbocycles. The number of carbonyl (C=O) groups excluding carboxylic acids is 1. The van der Waals surface area contributed by atoms with E-state index in [2.05, 4.69) is 59.8 Å². The van der Waals surface area contributed by atoms with Crippen molar-refractivity contribution in [1.82, 2.24) is 10.2 Å². The Balaban J connectivity index is 1.93. The van der Waals surface area contributed by atoms with Gasteiger partial charge in [0.15, 0.2) is 0 Å². The van der Waals surface area contributed by atoms with Gasteiger partial charge in [0, 0.05) is 11.4 Å². The summed E-state index contributed by atoms with van der Waals surface area (Å²) < 4.78 is 0. The van der Waals surface area contributed by atoms with Gasteiger partial charge in [-0.15, -0.1) is 11.3 Å². The van der Waals surface area contributed by atoms with Gasteiger partial charge in [-0.2, -0.15) is 0 Å². The Bertz CT molecular complexity index is 680. The molecule has 0 bridgehead atoms. The van der Waals surface area contributed by atoms with Crippen molar-refractivity contribution in [3.05, 3.63) is 57.3 Å². The van der Waals surface area contributed by atoms with Crippen molar-refractivity contribution in [3.63, 3.8) is 0 Å². The first-order valence-electron chi connectivity index (χ1n) is 8.34. The molecule has 0 unspecified atom stereocenters. The predicted octanol–water partition coefficient (Wildman–Crippen LogP) is 3.53. The fourth-order valence-electron chi connectivity index (χ4n) is 3.29. The topological polar surface area (TPSA) is 32.3 Å². The summed E-state index contributed by atoms with van der Waals surface area (Å²) in [5.41, 5.74) is 3.80. The van der Waals surface area contributed by atoms with Gasteiger partial charge in [0.2, 0.25) is 5.91 Å². The molecule has 3 nitrogen and oxygen atoms in total. The van der Waals surface area contributed by atoms with E-state index in [0.29, 0.717) is 6.54 Å². The van der Waals surface area contributed by atoms with E-state index < -0.39 is 0 Å². The van der Waals surface area contributed by atoms with Crippen LogP contribution < -0.4 is 5.32 Å². The third-order valence-corrected chi connectivity index (χ3v) is 5.47. The number of nitrogens with one attached hydrogen (secondary N) is 1. The van der Waals surface area contributed by atoms with Crippen molar-refractivity contribution < 1.29 is 4.79 Å². The molecule has 122 valence electrons. The number of rotatable bonds is 5. The summed E-state index contributed by atoms with van der Waals surface area (Å²) in [5, 5.41) is 5.40. The minimum Gasteiger partial charge on any atom is -0.330 e. The SMILES string of the molecule is CCCNCC(=O)N1CCc2sccc2[C@@H]1c1ccccc1C. The largest absolute Gasteiger partial charge is 0.330 e. The van der Waals surface area contributed by atoms with Crippen molar-refractivity contribution in [2.45, 2.75) is 32.7 Å². The summed E-state index contributed by atoms with van der Waals surface area (Å²) >= 11 is 1.81. The number of fused-ring (bicyclic) bond motifs is 1. The van der Waals surface area contributed by atoms with Crippen LogP contribution in [0.1, 0.15) is 41.0 Å². The summed E-state index contributed by atoms with van der Waals surface area (Å²) in [6, 6.07) is 10.7. The van der Waals surface area contributed by atoms with Gasteiger partial charge < -0.3 is 10.2 Å². The van der Waals surface area contributed by atoms with E-state index in [9.17, 15) is 4.79 Å². The van der Waals surface area contributed by atoms with Crippen molar-refractivity contribution in [1.29, 1.82) is 0 Å².